The van der Waals surface area contributed by atoms with Crippen LogP contribution in [0.2, 0.25) is 5.02 Å². The Morgan fingerprint density at radius 2 is 1.84 bits per heavy atom. The third-order valence-electron chi connectivity index (χ3n) is 3.97. The largest absolute Gasteiger partial charge is 0.227 e. The predicted molar refractivity (Wildman–Crippen MR) is 103 cm³/mol. The van der Waals surface area contributed by atoms with Crippen LogP contribution in [0.4, 0.5) is 4.39 Å². The number of rotatable bonds is 2. The van der Waals surface area contributed by atoms with Gasteiger partial charge >= 0.3 is 0 Å². The van der Waals surface area contributed by atoms with Gasteiger partial charge in [-0.25, -0.2) is 21.2 Å². The second-order valence-electron chi connectivity index (χ2n) is 5.91. The molecule has 2 heterocycles. The van der Waals surface area contributed by atoms with E-state index in [1.165, 1.54) is 18.0 Å². The molecule has 2 saturated heterocycles. The Bertz CT molecular complexity index is 979. The van der Waals surface area contributed by atoms with Crippen molar-refractivity contribution in [3.8, 4) is 0 Å². The van der Waals surface area contributed by atoms with Crippen LogP contribution >= 0.6 is 46.7 Å². The summed E-state index contributed by atoms with van der Waals surface area (Å²) < 4.78 is 56.1. The third-order valence-corrected chi connectivity index (χ3v) is 12.5. The third kappa shape index (κ3) is 3.36. The number of alkyl halides is 1. The van der Waals surface area contributed by atoms with Crippen LogP contribution in [0.25, 0.3) is 0 Å². The standard InChI is InChI=1S/C7H6ClFO2S.C7H7ClO2S3/c1-12(10,11)7-3-2-5(9)4-6(7)8;1-13(9,10)6-3-2-4-5(11-4)7(6,8)12-6/h2-4H,1H3;2-5H,1H3. The fraction of sp³-hybridized carbons (Fsp3) is 0.429. The molecule has 3 aliphatic rings. The lowest BCUT2D eigenvalue weighted by atomic mass is 10.1. The van der Waals surface area contributed by atoms with Gasteiger partial charge in [-0.15, -0.1) is 35.1 Å². The molecular weight excluding hydrogens is 450 g/mol. The molecule has 11 heteroatoms. The highest BCUT2D eigenvalue weighted by Crippen LogP contribution is 2.80. The van der Waals surface area contributed by atoms with E-state index in [4.69, 9.17) is 23.2 Å². The van der Waals surface area contributed by atoms with E-state index in [1.54, 1.807) is 17.8 Å². The molecule has 25 heavy (non-hydrogen) atoms. The molecule has 1 aromatic carbocycles. The number of thioether (sulfide) groups is 2. The van der Waals surface area contributed by atoms with E-state index in [2.05, 4.69) is 0 Å². The Kier molecular flexibility index (Phi) is 4.79. The van der Waals surface area contributed by atoms with Gasteiger partial charge in [0.1, 0.15) is 10.0 Å². The highest BCUT2D eigenvalue weighted by atomic mass is 35.5. The van der Waals surface area contributed by atoms with Gasteiger partial charge in [0.15, 0.2) is 23.8 Å². The maximum Gasteiger partial charge on any atom is 0.176 e. The summed E-state index contributed by atoms with van der Waals surface area (Å²) in [7, 11) is -6.43. The van der Waals surface area contributed by atoms with Crippen LogP contribution in [0.1, 0.15) is 0 Å². The van der Waals surface area contributed by atoms with Crippen LogP contribution in [-0.4, -0.2) is 48.1 Å². The van der Waals surface area contributed by atoms with Crippen molar-refractivity contribution in [2.75, 3.05) is 12.5 Å². The molecule has 4 unspecified atom stereocenters. The molecule has 0 bridgehead atoms. The second-order valence-corrected chi connectivity index (χ2v) is 14.4. The number of sulfone groups is 2. The molecule has 4 atom stereocenters. The van der Waals surface area contributed by atoms with Gasteiger partial charge in [0.2, 0.25) is 0 Å². The molecular formula is C14H13Cl2FO4S4. The summed E-state index contributed by atoms with van der Waals surface area (Å²) >= 11 is 14.9. The SMILES string of the molecule is CS(=O)(=O)C12C=CC3SC3C1(Cl)S2.CS(=O)(=O)c1ccc(F)cc1Cl. The first-order valence-electron chi connectivity index (χ1n) is 6.90. The Morgan fingerprint density at radius 3 is 2.36 bits per heavy atom. The summed E-state index contributed by atoms with van der Waals surface area (Å²) in [6.45, 7) is 0. The van der Waals surface area contributed by atoms with Crippen molar-refractivity contribution < 1.29 is 21.2 Å². The molecule has 0 amide bonds. The van der Waals surface area contributed by atoms with Crippen molar-refractivity contribution in [3.05, 3.63) is 41.2 Å². The van der Waals surface area contributed by atoms with Crippen molar-refractivity contribution >= 4 is 66.4 Å². The van der Waals surface area contributed by atoms with Crippen LogP contribution in [0.3, 0.4) is 0 Å². The maximum atomic E-state index is 12.5. The van der Waals surface area contributed by atoms with Gasteiger partial charge in [-0.3, -0.25) is 0 Å². The van der Waals surface area contributed by atoms with Gasteiger partial charge < -0.3 is 0 Å². The number of halogens is 3. The zero-order valence-electron chi connectivity index (χ0n) is 12.9. The van der Waals surface area contributed by atoms with Crippen molar-refractivity contribution in [3.63, 3.8) is 0 Å². The minimum atomic E-state index is -3.35. The van der Waals surface area contributed by atoms with Crippen LogP contribution in [0.15, 0.2) is 35.2 Å². The predicted octanol–water partition coefficient (Wildman–Crippen LogP) is 3.35. The van der Waals surface area contributed by atoms with Gasteiger partial charge in [-0.2, -0.15) is 0 Å². The molecule has 1 aliphatic carbocycles. The van der Waals surface area contributed by atoms with Gasteiger partial charge in [-0.1, -0.05) is 23.8 Å². The molecule has 1 aromatic rings. The van der Waals surface area contributed by atoms with Crippen molar-refractivity contribution in [1.29, 1.82) is 0 Å². The summed E-state index contributed by atoms with van der Waals surface area (Å²) in [6, 6.07) is 3.17. The normalized spacial score (nSPS) is 35.1. The molecule has 4 nitrogen and oxygen atoms in total. The molecule has 0 aromatic heterocycles. The smallest absolute Gasteiger partial charge is 0.176 e. The molecule has 2 aliphatic heterocycles. The maximum absolute atomic E-state index is 12.5. The topological polar surface area (TPSA) is 68.3 Å². The highest BCUT2D eigenvalue weighted by molar-refractivity contribution is 8.25. The Balaban J connectivity index is 0.000000147. The average molecular weight is 463 g/mol. The zero-order valence-corrected chi connectivity index (χ0v) is 17.7. The summed E-state index contributed by atoms with van der Waals surface area (Å²) in [5.41, 5.74) is 0. The molecule has 0 saturated carbocycles. The van der Waals surface area contributed by atoms with Crippen molar-refractivity contribution in [2.45, 2.75) is 23.7 Å². The van der Waals surface area contributed by atoms with Crippen LogP contribution in [0.5, 0.6) is 0 Å². The van der Waals surface area contributed by atoms with E-state index < -0.39 is 33.8 Å². The molecule has 2 fully saturated rings. The van der Waals surface area contributed by atoms with E-state index in [0.29, 0.717) is 10.5 Å². The van der Waals surface area contributed by atoms with E-state index >= 15 is 0 Å². The van der Waals surface area contributed by atoms with E-state index in [0.717, 1.165) is 24.5 Å². The molecule has 0 radical (unpaired) electrons. The number of hydrogen-bond donors (Lipinski definition) is 0. The number of fused-ring (bicyclic) bond motifs is 3. The van der Waals surface area contributed by atoms with Crippen LogP contribution < -0.4 is 0 Å². The second kappa shape index (κ2) is 6.04. The highest BCUT2D eigenvalue weighted by Gasteiger charge is 2.82. The molecule has 4 rings (SSSR count). The number of hydrogen-bond acceptors (Lipinski definition) is 6. The lowest BCUT2D eigenvalue weighted by Crippen LogP contribution is -2.34. The monoisotopic (exact) mass is 462 g/mol. The van der Waals surface area contributed by atoms with Gasteiger partial charge in [0, 0.05) is 17.8 Å². The zero-order chi connectivity index (χ0) is 18.8. The van der Waals surface area contributed by atoms with E-state index in [1.807, 2.05) is 6.08 Å². The Hall–Kier alpha value is 0.0700. The molecule has 0 N–H and O–H groups in total. The average Bonchev–Trinajstić information content (AvgIpc) is 3.28. The lowest BCUT2D eigenvalue weighted by Gasteiger charge is -2.15. The summed E-state index contributed by atoms with van der Waals surface area (Å²) in [4.78, 5) is -0.0504. The first-order chi connectivity index (χ1) is 11.3. The van der Waals surface area contributed by atoms with Crippen molar-refractivity contribution in [2.24, 2.45) is 0 Å². The van der Waals surface area contributed by atoms with E-state index in [9.17, 15) is 21.2 Å². The van der Waals surface area contributed by atoms with Gasteiger partial charge in [0.05, 0.1) is 15.2 Å². The quantitative estimate of drug-likeness (QED) is 0.290. The fourth-order valence-corrected chi connectivity index (χ4v) is 10.3. The molecule has 138 valence electrons. The van der Waals surface area contributed by atoms with Crippen molar-refractivity contribution in [1.82, 2.24) is 0 Å². The number of benzene rings is 1. The summed E-state index contributed by atoms with van der Waals surface area (Å²) in [6.07, 6.45) is 6.05. The summed E-state index contributed by atoms with van der Waals surface area (Å²) in [5, 5.41) is 0.679. The Labute approximate surface area is 164 Å². The first kappa shape index (κ1) is 19.8. The minimum absolute atomic E-state index is 0.0504. The van der Waals surface area contributed by atoms with Gasteiger partial charge in [-0.05, 0) is 18.2 Å². The fourth-order valence-electron chi connectivity index (χ4n) is 2.62. The Morgan fingerprint density at radius 1 is 1.20 bits per heavy atom. The van der Waals surface area contributed by atoms with Crippen LogP contribution in [0, 0.1) is 5.82 Å². The molecule has 0 spiro atoms. The summed E-state index contributed by atoms with van der Waals surface area (Å²) in [5.74, 6) is -0.549. The lowest BCUT2D eigenvalue weighted by molar-refractivity contribution is 0.589. The van der Waals surface area contributed by atoms with Crippen LogP contribution in [-0.2, 0) is 19.7 Å². The minimum Gasteiger partial charge on any atom is -0.227 e. The first-order valence-corrected chi connectivity index (χ1v) is 13.2. The van der Waals surface area contributed by atoms with E-state index in [-0.39, 0.29) is 9.92 Å². The van der Waals surface area contributed by atoms with Gasteiger partial charge in [0.25, 0.3) is 0 Å².